The fraction of sp³-hybridized carbons (Fsp3) is 0.286. The maximum absolute atomic E-state index is 12.7. The molecule has 0 saturated carbocycles. The molecule has 1 aromatic carbocycles. The molecule has 1 aliphatic heterocycles. The summed E-state index contributed by atoms with van der Waals surface area (Å²) in [4.78, 5) is 29.5. The van der Waals surface area contributed by atoms with E-state index >= 15 is 0 Å². The van der Waals surface area contributed by atoms with Gasteiger partial charge in [-0.1, -0.05) is 32.0 Å². The lowest BCUT2D eigenvalue weighted by atomic mass is 10.1. The lowest BCUT2D eigenvalue weighted by Crippen LogP contribution is -2.35. The smallest absolute Gasteiger partial charge is 0.282 e. The van der Waals surface area contributed by atoms with Crippen LogP contribution in [0.4, 0.5) is 5.69 Å². The maximum Gasteiger partial charge on any atom is 0.282 e. The summed E-state index contributed by atoms with van der Waals surface area (Å²) in [5.74, 6) is -0.115. The lowest BCUT2D eigenvalue weighted by Gasteiger charge is -2.14. The third kappa shape index (κ3) is 4.31. The monoisotopic (exact) mass is 381 g/mol. The summed E-state index contributed by atoms with van der Waals surface area (Å²) in [5.41, 5.74) is 3.74. The molecule has 1 N–H and O–H groups in total. The van der Waals surface area contributed by atoms with Crippen molar-refractivity contribution in [3.05, 3.63) is 53.6 Å². The first-order chi connectivity index (χ1) is 13.6. The van der Waals surface area contributed by atoms with Gasteiger partial charge in [0.15, 0.2) is 0 Å². The van der Waals surface area contributed by atoms with Crippen molar-refractivity contribution < 1.29 is 19.1 Å². The first-order valence-electron chi connectivity index (χ1n) is 9.32. The van der Waals surface area contributed by atoms with E-state index in [9.17, 15) is 9.59 Å². The molecule has 7 nitrogen and oxygen atoms in total. The number of nitrogens with one attached hydrogen (secondary N) is 1. The van der Waals surface area contributed by atoms with E-state index in [4.69, 9.17) is 9.47 Å². The Kier molecular flexibility index (Phi) is 6.26. The fourth-order valence-corrected chi connectivity index (χ4v) is 2.62. The highest BCUT2D eigenvalue weighted by Gasteiger charge is 2.34. The predicted molar refractivity (Wildman–Crippen MR) is 106 cm³/mol. The van der Waals surface area contributed by atoms with Crippen molar-refractivity contribution >= 4 is 23.6 Å². The van der Waals surface area contributed by atoms with Crippen molar-refractivity contribution in [2.24, 2.45) is 0 Å². The SMILES string of the molecule is CCCOc1ccc(C=C2C(=O)NN(c3ccccc3)C2=O)c(OCCC)n1. The lowest BCUT2D eigenvalue weighted by molar-refractivity contribution is -0.117. The molecule has 1 aliphatic rings. The molecule has 0 unspecified atom stereocenters. The molecule has 7 heteroatoms. The Morgan fingerprint density at radius 3 is 2.43 bits per heavy atom. The van der Waals surface area contributed by atoms with Crippen LogP contribution >= 0.6 is 0 Å². The summed E-state index contributed by atoms with van der Waals surface area (Å²) in [6, 6.07) is 12.4. The number of carbonyl (C=O) groups is 2. The van der Waals surface area contributed by atoms with Gasteiger partial charge in [-0.2, -0.15) is 4.98 Å². The van der Waals surface area contributed by atoms with E-state index in [1.165, 1.54) is 11.1 Å². The van der Waals surface area contributed by atoms with E-state index in [1.54, 1.807) is 36.4 Å². The van der Waals surface area contributed by atoms with Gasteiger partial charge in [0.1, 0.15) is 5.57 Å². The van der Waals surface area contributed by atoms with Crippen LogP contribution in [0, 0.1) is 0 Å². The molecule has 0 aliphatic carbocycles. The number of amides is 2. The van der Waals surface area contributed by atoms with E-state index in [-0.39, 0.29) is 5.57 Å². The fourth-order valence-electron chi connectivity index (χ4n) is 2.62. The van der Waals surface area contributed by atoms with Gasteiger partial charge >= 0.3 is 0 Å². The molecule has 0 radical (unpaired) electrons. The minimum absolute atomic E-state index is 0.0224. The number of carbonyl (C=O) groups excluding carboxylic acids is 2. The molecule has 3 rings (SSSR count). The van der Waals surface area contributed by atoms with E-state index < -0.39 is 11.8 Å². The number of pyridine rings is 1. The minimum atomic E-state index is -0.471. The molecule has 0 bridgehead atoms. The molecular weight excluding hydrogens is 358 g/mol. The van der Waals surface area contributed by atoms with Gasteiger partial charge in [0.05, 0.1) is 18.9 Å². The number of nitrogens with zero attached hydrogens (tertiary/aromatic N) is 2. The van der Waals surface area contributed by atoms with Gasteiger partial charge in [-0.05, 0) is 37.1 Å². The zero-order valence-electron chi connectivity index (χ0n) is 16.0. The summed E-state index contributed by atoms with van der Waals surface area (Å²) >= 11 is 0. The summed E-state index contributed by atoms with van der Waals surface area (Å²) in [7, 11) is 0. The van der Waals surface area contributed by atoms with Gasteiger partial charge in [0.2, 0.25) is 11.8 Å². The molecule has 0 spiro atoms. The highest BCUT2D eigenvalue weighted by atomic mass is 16.5. The van der Waals surface area contributed by atoms with Gasteiger partial charge < -0.3 is 9.47 Å². The van der Waals surface area contributed by atoms with E-state index in [1.807, 2.05) is 19.9 Å². The van der Waals surface area contributed by atoms with Crippen molar-refractivity contribution in [1.82, 2.24) is 10.4 Å². The van der Waals surface area contributed by atoms with Crippen LogP contribution in [0.3, 0.4) is 0 Å². The molecule has 2 amide bonds. The summed E-state index contributed by atoms with van der Waals surface area (Å²) in [6.45, 7) is 5.02. The normalized spacial score (nSPS) is 15.1. The first kappa shape index (κ1) is 19.4. The Morgan fingerprint density at radius 1 is 1.00 bits per heavy atom. The quantitative estimate of drug-likeness (QED) is 0.561. The number of para-hydroxylation sites is 1. The third-order valence-corrected chi connectivity index (χ3v) is 3.97. The number of hydrogen-bond donors (Lipinski definition) is 1. The Bertz CT molecular complexity index is 880. The molecule has 1 aromatic heterocycles. The van der Waals surface area contributed by atoms with Gasteiger partial charge in [0.25, 0.3) is 11.8 Å². The Hall–Kier alpha value is -3.35. The molecule has 2 heterocycles. The Morgan fingerprint density at radius 2 is 1.71 bits per heavy atom. The van der Waals surface area contributed by atoms with Crippen molar-refractivity contribution in [3.8, 4) is 11.8 Å². The summed E-state index contributed by atoms with van der Waals surface area (Å²) < 4.78 is 11.3. The number of aromatic nitrogens is 1. The van der Waals surface area contributed by atoms with Gasteiger partial charge in [-0.15, -0.1) is 0 Å². The topological polar surface area (TPSA) is 80.8 Å². The number of benzene rings is 1. The minimum Gasteiger partial charge on any atom is -0.478 e. The maximum atomic E-state index is 12.7. The number of hydrogen-bond acceptors (Lipinski definition) is 5. The number of rotatable bonds is 8. The largest absolute Gasteiger partial charge is 0.478 e. The van der Waals surface area contributed by atoms with Crippen LogP contribution in [-0.2, 0) is 9.59 Å². The van der Waals surface area contributed by atoms with Crippen LogP contribution < -0.4 is 19.9 Å². The van der Waals surface area contributed by atoms with Crippen molar-refractivity contribution in [2.75, 3.05) is 18.2 Å². The zero-order valence-corrected chi connectivity index (χ0v) is 16.0. The molecule has 0 atom stereocenters. The van der Waals surface area contributed by atoms with Gasteiger partial charge in [0, 0.05) is 11.6 Å². The first-order valence-corrected chi connectivity index (χ1v) is 9.32. The van der Waals surface area contributed by atoms with Crippen molar-refractivity contribution in [3.63, 3.8) is 0 Å². The van der Waals surface area contributed by atoms with Crippen molar-refractivity contribution in [1.29, 1.82) is 0 Å². The molecule has 1 fully saturated rings. The average Bonchev–Trinajstić information content (AvgIpc) is 3.00. The van der Waals surface area contributed by atoms with Crippen LogP contribution in [0.1, 0.15) is 32.3 Å². The van der Waals surface area contributed by atoms with Crippen LogP contribution in [0.2, 0.25) is 0 Å². The number of hydrazine groups is 1. The highest BCUT2D eigenvalue weighted by molar-refractivity contribution is 6.31. The zero-order chi connectivity index (χ0) is 19.9. The standard InChI is InChI=1S/C21H23N3O4/c1-3-12-27-18-11-10-15(20(22-18)28-13-4-2)14-17-19(25)23-24(21(17)26)16-8-6-5-7-9-16/h5-11,14H,3-4,12-13H2,1-2H3,(H,23,25). The Balaban J connectivity index is 1.90. The van der Waals surface area contributed by atoms with E-state index in [0.29, 0.717) is 36.2 Å². The van der Waals surface area contributed by atoms with E-state index in [0.717, 1.165) is 12.8 Å². The highest BCUT2D eigenvalue weighted by Crippen LogP contribution is 2.26. The number of ether oxygens (including phenoxy) is 2. The van der Waals surface area contributed by atoms with Crippen molar-refractivity contribution in [2.45, 2.75) is 26.7 Å². The molecule has 1 saturated heterocycles. The second-order valence-corrected chi connectivity index (χ2v) is 6.22. The second kappa shape index (κ2) is 9.03. The average molecular weight is 381 g/mol. The third-order valence-electron chi connectivity index (χ3n) is 3.97. The van der Waals surface area contributed by atoms with Crippen LogP contribution in [0.15, 0.2) is 48.0 Å². The van der Waals surface area contributed by atoms with Crippen LogP contribution in [-0.4, -0.2) is 30.0 Å². The molecular formula is C21H23N3O4. The Labute approximate surface area is 163 Å². The summed E-state index contributed by atoms with van der Waals surface area (Å²) in [5, 5.41) is 1.23. The summed E-state index contributed by atoms with van der Waals surface area (Å²) in [6.07, 6.45) is 3.17. The van der Waals surface area contributed by atoms with Gasteiger partial charge in [-0.3, -0.25) is 15.0 Å². The molecule has 28 heavy (non-hydrogen) atoms. The molecule has 2 aromatic rings. The predicted octanol–water partition coefficient (Wildman–Crippen LogP) is 3.12. The molecule has 146 valence electrons. The second-order valence-electron chi connectivity index (χ2n) is 6.22. The number of anilines is 1. The van der Waals surface area contributed by atoms with E-state index in [2.05, 4.69) is 10.4 Å². The van der Waals surface area contributed by atoms with Crippen LogP contribution in [0.5, 0.6) is 11.8 Å². The van der Waals surface area contributed by atoms with Gasteiger partial charge in [-0.25, -0.2) is 5.01 Å². The van der Waals surface area contributed by atoms with Crippen LogP contribution in [0.25, 0.3) is 6.08 Å².